The van der Waals surface area contributed by atoms with Crippen molar-refractivity contribution in [2.45, 2.75) is 12.8 Å². The summed E-state index contributed by atoms with van der Waals surface area (Å²) >= 11 is 0. The van der Waals surface area contributed by atoms with Crippen LogP contribution in [0, 0.1) is 12.3 Å². The van der Waals surface area contributed by atoms with Gasteiger partial charge in [-0.15, -0.1) is 5.41 Å². The molecule has 2 rings (SSSR count). The monoisotopic (exact) mass is 277 g/mol. The van der Waals surface area contributed by atoms with Crippen molar-refractivity contribution in [1.82, 2.24) is 0 Å². The van der Waals surface area contributed by atoms with Gasteiger partial charge in [-0.05, 0) is 36.1 Å². The Labute approximate surface area is 114 Å². The molecule has 1 atom stereocenters. The third-order valence-electron chi connectivity index (χ3n) is 2.77. The number of nitrogen functional groups attached to an aromatic ring is 1. The number of fused-ring (bicyclic) bond motifs is 1. The van der Waals surface area contributed by atoms with E-state index in [4.69, 9.17) is 11.5 Å². The molecule has 0 saturated carbocycles. The Morgan fingerprint density at radius 3 is 2.60 bits per heavy atom. The molecule has 0 saturated heterocycles. The third-order valence-corrected chi connectivity index (χ3v) is 2.77. The molecule has 0 aromatic heterocycles. The number of hydrogen-bond acceptors (Lipinski definition) is 2. The van der Waals surface area contributed by atoms with E-state index >= 15 is 0 Å². The number of carbonyl (C=O) groups excluding carboxylic acids is 1. The maximum absolute atomic E-state index is 11.1. The molecule has 1 aromatic rings. The molecule has 1 aliphatic carbocycles. The molecule has 0 aliphatic heterocycles. The molecule has 3 nitrogen and oxygen atoms in total. The molecule has 1 unspecified atom stereocenters. The van der Waals surface area contributed by atoms with Crippen LogP contribution in [-0.2, 0) is 50.3 Å². The number of amides is 1. The first-order valence-corrected chi connectivity index (χ1v) is 4.50. The van der Waals surface area contributed by atoms with Crippen molar-refractivity contribution in [2.24, 2.45) is 5.41 Å². The summed E-state index contributed by atoms with van der Waals surface area (Å²) in [5, 5.41) is 0. The van der Waals surface area contributed by atoms with Crippen LogP contribution < -0.4 is 5.73 Å². The second kappa shape index (κ2) is 4.22. The number of benzene rings is 1. The molecular formula is C11H12N2OY-2. The summed E-state index contributed by atoms with van der Waals surface area (Å²) in [4.78, 5) is 11.1. The Morgan fingerprint density at radius 2 is 2.00 bits per heavy atom. The van der Waals surface area contributed by atoms with Crippen molar-refractivity contribution >= 4 is 11.6 Å². The van der Waals surface area contributed by atoms with Gasteiger partial charge >= 0.3 is 0 Å². The van der Waals surface area contributed by atoms with Crippen LogP contribution in [0.5, 0.6) is 0 Å². The van der Waals surface area contributed by atoms with Gasteiger partial charge in [0, 0.05) is 44.3 Å². The number of nitrogens with one attached hydrogen (secondary N) is 1. The number of carbonyl (C=O) groups is 1. The van der Waals surface area contributed by atoms with E-state index in [-0.39, 0.29) is 32.7 Å². The predicted octanol–water partition coefficient (Wildman–Crippen LogP) is 1.76. The second-order valence-electron chi connectivity index (χ2n) is 3.99. The normalized spacial score (nSPS) is 23.0. The largest absolute Gasteiger partial charge is 0.670 e. The fourth-order valence-corrected chi connectivity index (χ4v) is 1.94. The van der Waals surface area contributed by atoms with Gasteiger partial charge in [0.15, 0.2) is 0 Å². The minimum atomic E-state index is -0.782. The average molecular weight is 277 g/mol. The van der Waals surface area contributed by atoms with Gasteiger partial charge in [0.25, 0.3) is 0 Å². The van der Waals surface area contributed by atoms with E-state index in [2.05, 4.69) is 6.92 Å². The van der Waals surface area contributed by atoms with Crippen molar-refractivity contribution < 1.29 is 37.5 Å². The van der Waals surface area contributed by atoms with Gasteiger partial charge in [-0.25, -0.2) is 0 Å². The first kappa shape index (κ1) is 12.7. The molecule has 3 N–H and O–H groups in total. The summed E-state index contributed by atoms with van der Waals surface area (Å²) in [6, 6.07) is 5.60. The summed E-state index contributed by atoms with van der Waals surface area (Å²) in [6.07, 6.45) is 1.10. The zero-order valence-corrected chi connectivity index (χ0v) is 11.3. The minimum absolute atomic E-state index is 0. The van der Waals surface area contributed by atoms with Gasteiger partial charge in [0.2, 0.25) is 0 Å². The Bertz CT molecular complexity index is 406. The van der Waals surface area contributed by atoms with E-state index in [9.17, 15) is 4.79 Å². The van der Waals surface area contributed by atoms with E-state index in [0.29, 0.717) is 18.5 Å². The second-order valence-corrected chi connectivity index (χ2v) is 3.99. The van der Waals surface area contributed by atoms with Gasteiger partial charge in [0.05, 0.1) is 0 Å². The van der Waals surface area contributed by atoms with Crippen LogP contribution in [0.3, 0.4) is 0 Å². The van der Waals surface area contributed by atoms with E-state index in [1.54, 1.807) is 0 Å². The van der Waals surface area contributed by atoms with Gasteiger partial charge in [-0.3, -0.25) is 0 Å². The molecule has 1 aliphatic rings. The van der Waals surface area contributed by atoms with Crippen molar-refractivity contribution in [3.8, 4) is 0 Å². The van der Waals surface area contributed by atoms with Gasteiger partial charge in [-0.1, -0.05) is 6.07 Å². The van der Waals surface area contributed by atoms with Crippen LogP contribution in [-0.4, -0.2) is 5.91 Å². The van der Waals surface area contributed by atoms with Crippen molar-refractivity contribution in [3.05, 3.63) is 42.0 Å². The number of nitrogens with two attached hydrogens (primary N) is 1. The number of anilines is 1. The molecule has 1 radical (unpaired) electrons. The minimum Gasteiger partial charge on any atom is -0.670 e. The Kier molecular flexibility index (Phi) is 3.57. The molecule has 1 amide bonds. The van der Waals surface area contributed by atoms with Crippen LogP contribution in [0.2, 0.25) is 0 Å². The molecule has 0 bridgehead atoms. The van der Waals surface area contributed by atoms with Crippen molar-refractivity contribution in [3.63, 3.8) is 0 Å². The van der Waals surface area contributed by atoms with Crippen LogP contribution in [0.1, 0.15) is 11.1 Å². The summed E-state index contributed by atoms with van der Waals surface area (Å²) in [5.74, 6) is -0.590. The van der Waals surface area contributed by atoms with E-state index in [1.165, 1.54) is 0 Å². The Balaban J connectivity index is 0.00000112. The molecule has 0 fully saturated rings. The van der Waals surface area contributed by atoms with Crippen LogP contribution in [0.25, 0.3) is 5.73 Å². The first-order chi connectivity index (χ1) is 6.51. The maximum Gasteiger partial charge on any atom is 0.0316 e. The fourth-order valence-electron chi connectivity index (χ4n) is 1.94. The number of hydrogen-bond donors (Lipinski definition) is 1. The van der Waals surface area contributed by atoms with Crippen LogP contribution >= 0.6 is 0 Å². The van der Waals surface area contributed by atoms with E-state index < -0.39 is 11.3 Å². The average Bonchev–Trinajstić information content (AvgIpc) is 2.42. The molecule has 77 valence electrons. The van der Waals surface area contributed by atoms with Crippen molar-refractivity contribution in [2.75, 3.05) is 5.73 Å². The first-order valence-electron chi connectivity index (χ1n) is 4.50. The quantitative estimate of drug-likeness (QED) is 0.628. The molecule has 0 heterocycles. The zero-order valence-electron chi connectivity index (χ0n) is 8.42. The Hall–Kier alpha value is -0.406. The SMILES string of the molecule is [CH2-]C1(C([NH-])=O)Cc2ccc(N)cc2C1.[Y]. The van der Waals surface area contributed by atoms with Crippen LogP contribution in [0.4, 0.5) is 5.69 Å². The summed E-state index contributed by atoms with van der Waals surface area (Å²) in [6.45, 7) is 3.84. The Morgan fingerprint density at radius 1 is 1.40 bits per heavy atom. The summed E-state index contributed by atoms with van der Waals surface area (Å²) in [7, 11) is 0. The fraction of sp³-hybridized carbons (Fsp3) is 0.273. The molecule has 15 heavy (non-hydrogen) atoms. The van der Waals surface area contributed by atoms with Gasteiger partial charge < -0.3 is 23.2 Å². The predicted molar refractivity (Wildman–Crippen MR) is 55.4 cm³/mol. The summed E-state index contributed by atoms with van der Waals surface area (Å²) < 4.78 is 0. The smallest absolute Gasteiger partial charge is 0.0316 e. The van der Waals surface area contributed by atoms with Gasteiger partial charge in [0.1, 0.15) is 0 Å². The summed E-state index contributed by atoms with van der Waals surface area (Å²) in [5.41, 5.74) is 14.9. The van der Waals surface area contributed by atoms with Gasteiger partial charge in [-0.2, -0.15) is 0 Å². The standard InChI is InChI=1S/C11H13N2O.Y/c1-11(10(13)14)5-7-2-3-9(12)4-8(7)6-11;/h2-4H,1,5-6,12H2,(H2,13,14);/q-1;/p-1. The molecule has 0 spiro atoms. The molecular weight excluding hydrogens is 265 g/mol. The number of rotatable bonds is 1. The zero-order chi connectivity index (χ0) is 10.3. The third kappa shape index (κ3) is 2.23. The van der Waals surface area contributed by atoms with Crippen molar-refractivity contribution in [1.29, 1.82) is 0 Å². The van der Waals surface area contributed by atoms with E-state index in [0.717, 1.165) is 11.1 Å². The van der Waals surface area contributed by atoms with Crippen LogP contribution in [0.15, 0.2) is 18.2 Å². The van der Waals surface area contributed by atoms with E-state index in [1.807, 2.05) is 18.2 Å². The maximum atomic E-state index is 11.1. The molecule has 1 aromatic carbocycles. The topological polar surface area (TPSA) is 66.9 Å². The molecule has 4 heteroatoms.